The summed E-state index contributed by atoms with van der Waals surface area (Å²) in [7, 11) is 0. The molecule has 1 rings (SSSR count). The van der Waals surface area contributed by atoms with E-state index in [0.717, 1.165) is 12.8 Å². The zero-order valence-electron chi connectivity index (χ0n) is 11.4. The molecule has 0 saturated heterocycles. The molecule has 1 heteroatoms. The summed E-state index contributed by atoms with van der Waals surface area (Å²) >= 11 is 0. The molecule has 0 aliphatic heterocycles. The predicted octanol–water partition coefficient (Wildman–Crippen LogP) is 3.94. The molecule has 0 amide bonds. The van der Waals surface area contributed by atoms with Crippen LogP contribution in [0.1, 0.15) is 47.5 Å². The van der Waals surface area contributed by atoms with Crippen LogP contribution >= 0.6 is 0 Å². The summed E-state index contributed by atoms with van der Waals surface area (Å²) in [6, 6.07) is 0. The Hall–Kier alpha value is -0.560. The Kier molecular flexibility index (Phi) is 3.69. The molecule has 1 N–H and O–H groups in total. The van der Waals surface area contributed by atoms with E-state index in [9.17, 15) is 5.11 Å². The van der Waals surface area contributed by atoms with Crippen molar-refractivity contribution in [3.05, 3.63) is 24.3 Å². The van der Waals surface area contributed by atoms with Gasteiger partial charge in [0.15, 0.2) is 0 Å². The number of hydrogen-bond acceptors (Lipinski definition) is 1. The maximum absolute atomic E-state index is 10.3. The summed E-state index contributed by atoms with van der Waals surface area (Å²) < 4.78 is 0. The molecule has 0 fully saturated rings. The van der Waals surface area contributed by atoms with E-state index in [1.54, 1.807) is 0 Å². The van der Waals surface area contributed by atoms with E-state index in [1.807, 2.05) is 19.9 Å². The van der Waals surface area contributed by atoms with Gasteiger partial charge in [-0.05, 0) is 31.1 Å². The molecule has 0 bridgehead atoms. The van der Waals surface area contributed by atoms with Gasteiger partial charge in [-0.25, -0.2) is 0 Å². The topological polar surface area (TPSA) is 20.2 Å². The van der Waals surface area contributed by atoms with Gasteiger partial charge in [-0.2, -0.15) is 0 Å². The lowest BCUT2D eigenvalue weighted by Crippen LogP contribution is -2.33. The average molecular weight is 222 g/mol. The molecule has 1 unspecified atom stereocenters. The Bertz CT molecular complexity index is 297. The molecule has 0 aromatic carbocycles. The van der Waals surface area contributed by atoms with Gasteiger partial charge in [0.05, 0.1) is 6.10 Å². The molecular formula is C15H26O. The molecule has 0 radical (unpaired) electrons. The van der Waals surface area contributed by atoms with E-state index < -0.39 is 0 Å². The zero-order chi connectivity index (χ0) is 12.6. The van der Waals surface area contributed by atoms with Crippen molar-refractivity contribution in [3.8, 4) is 0 Å². The van der Waals surface area contributed by atoms with Crippen molar-refractivity contribution < 1.29 is 5.11 Å². The Morgan fingerprint density at radius 3 is 2.56 bits per heavy atom. The van der Waals surface area contributed by atoms with Crippen molar-refractivity contribution in [3.63, 3.8) is 0 Å². The van der Waals surface area contributed by atoms with E-state index in [-0.39, 0.29) is 16.9 Å². The molecule has 0 aromatic heterocycles. The molecule has 0 spiro atoms. The van der Waals surface area contributed by atoms with Crippen LogP contribution in [0.3, 0.4) is 0 Å². The lowest BCUT2D eigenvalue weighted by atomic mass is 9.72. The first kappa shape index (κ1) is 13.5. The second-order valence-corrected chi connectivity index (χ2v) is 6.32. The van der Waals surface area contributed by atoms with Gasteiger partial charge in [0.2, 0.25) is 0 Å². The summed E-state index contributed by atoms with van der Waals surface area (Å²) in [5.41, 5.74) is 1.51. The van der Waals surface area contributed by atoms with E-state index in [2.05, 4.69) is 33.4 Å². The smallest absolute Gasteiger partial charge is 0.0628 e. The summed E-state index contributed by atoms with van der Waals surface area (Å²) in [5, 5.41) is 10.3. The number of hydrogen-bond donors (Lipinski definition) is 1. The maximum atomic E-state index is 10.3. The molecule has 92 valence electrons. The number of aliphatic hydroxyl groups is 1. The van der Waals surface area contributed by atoms with E-state index in [0.29, 0.717) is 5.92 Å². The van der Waals surface area contributed by atoms with Crippen LogP contribution in [0.2, 0.25) is 0 Å². The second kappa shape index (κ2) is 4.37. The predicted molar refractivity (Wildman–Crippen MR) is 70.2 cm³/mol. The van der Waals surface area contributed by atoms with Gasteiger partial charge in [-0.3, -0.25) is 0 Å². The standard InChI is InChI=1S/C15H26O/c1-7-14(3,4)13(16)10-12-9-8-11(2)15(12,5)6/h7-8,12-13,16H,1,9-10H2,2-6H3/t12?,13-/m0/s1. The van der Waals surface area contributed by atoms with E-state index >= 15 is 0 Å². The zero-order valence-corrected chi connectivity index (χ0v) is 11.4. The van der Waals surface area contributed by atoms with Gasteiger partial charge in [0.1, 0.15) is 0 Å². The van der Waals surface area contributed by atoms with Crippen LogP contribution in [0.25, 0.3) is 0 Å². The summed E-state index contributed by atoms with van der Waals surface area (Å²) in [4.78, 5) is 0. The highest BCUT2D eigenvalue weighted by atomic mass is 16.3. The first-order chi connectivity index (χ1) is 7.21. The minimum absolute atomic E-state index is 0.188. The third-order valence-electron chi connectivity index (χ3n) is 4.64. The van der Waals surface area contributed by atoms with Crippen molar-refractivity contribution in [2.75, 3.05) is 0 Å². The second-order valence-electron chi connectivity index (χ2n) is 6.32. The van der Waals surface area contributed by atoms with Crippen molar-refractivity contribution in [2.24, 2.45) is 16.7 Å². The van der Waals surface area contributed by atoms with Crippen LogP contribution in [0.5, 0.6) is 0 Å². The van der Waals surface area contributed by atoms with Crippen LogP contribution in [0, 0.1) is 16.7 Å². The number of aliphatic hydroxyl groups excluding tert-OH is 1. The summed E-state index contributed by atoms with van der Waals surface area (Å²) in [6.07, 6.45) is 5.84. The van der Waals surface area contributed by atoms with Crippen LogP contribution in [0.4, 0.5) is 0 Å². The Morgan fingerprint density at radius 2 is 2.19 bits per heavy atom. The quantitative estimate of drug-likeness (QED) is 0.714. The van der Waals surface area contributed by atoms with E-state index in [1.165, 1.54) is 5.57 Å². The monoisotopic (exact) mass is 222 g/mol. The van der Waals surface area contributed by atoms with Gasteiger partial charge in [0, 0.05) is 5.41 Å². The summed E-state index contributed by atoms with van der Waals surface area (Å²) in [5.74, 6) is 0.557. The molecule has 16 heavy (non-hydrogen) atoms. The van der Waals surface area contributed by atoms with Crippen LogP contribution in [-0.4, -0.2) is 11.2 Å². The molecular weight excluding hydrogens is 196 g/mol. The highest BCUT2D eigenvalue weighted by Gasteiger charge is 2.38. The molecule has 1 aliphatic rings. The molecule has 0 aromatic rings. The lowest BCUT2D eigenvalue weighted by Gasteiger charge is -2.35. The van der Waals surface area contributed by atoms with Crippen molar-refractivity contribution in [2.45, 2.75) is 53.6 Å². The number of rotatable bonds is 4. The van der Waals surface area contributed by atoms with Crippen LogP contribution in [0.15, 0.2) is 24.3 Å². The first-order valence-corrected chi connectivity index (χ1v) is 6.20. The molecule has 1 nitrogen and oxygen atoms in total. The fourth-order valence-corrected chi connectivity index (χ4v) is 2.30. The van der Waals surface area contributed by atoms with Crippen LogP contribution in [-0.2, 0) is 0 Å². The van der Waals surface area contributed by atoms with Crippen LogP contribution < -0.4 is 0 Å². The van der Waals surface area contributed by atoms with Gasteiger partial charge < -0.3 is 5.11 Å². The van der Waals surface area contributed by atoms with Crippen molar-refractivity contribution >= 4 is 0 Å². The largest absolute Gasteiger partial charge is 0.392 e. The molecule has 0 heterocycles. The maximum Gasteiger partial charge on any atom is 0.0628 e. The third kappa shape index (κ3) is 2.40. The highest BCUT2D eigenvalue weighted by Crippen LogP contribution is 2.46. The summed E-state index contributed by atoms with van der Waals surface area (Å²) in [6.45, 7) is 14.7. The minimum Gasteiger partial charge on any atom is -0.392 e. The van der Waals surface area contributed by atoms with Gasteiger partial charge in [0.25, 0.3) is 0 Å². The van der Waals surface area contributed by atoms with Gasteiger partial charge in [-0.15, -0.1) is 6.58 Å². The Labute approximate surface area is 100 Å². The average Bonchev–Trinajstić information content (AvgIpc) is 2.44. The van der Waals surface area contributed by atoms with Crippen molar-refractivity contribution in [1.82, 2.24) is 0 Å². The lowest BCUT2D eigenvalue weighted by molar-refractivity contribution is 0.0439. The molecule has 1 aliphatic carbocycles. The SMILES string of the molecule is C=CC(C)(C)[C@@H](O)CC1CC=C(C)C1(C)C. The highest BCUT2D eigenvalue weighted by molar-refractivity contribution is 5.18. The fraction of sp³-hybridized carbons (Fsp3) is 0.733. The Morgan fingerprint density at radius 1 is 1.62 bits per heavy atom. The molecule has 0 saturated carbocycles. The Balaban J connectivity index is 2.68. The first-order valence-electron chi connectivity index (χ1n) is 6.20. The minimum atomic E-state index is -0.298. The van der Waals surface area contributed by atoms with Gasteiger partial charge >= 0.3 is 0 Å². The van der Waals surface area contributed by atoms with E-state index in [4.69, 9.17) is 0 Å². The van der Waals surface area contributed by atoms with Crippen molar-refractivity contribution in [1.29, 1.82) is 0 Å². The third-order valence-corrected chi connectivity index (χ3v) is 4.64. The number of allylic oxidation sites excluding steroid dienone is 2. The normalized spacial score (nSPS) is 26.4. The molecule has 2 atom stereocenters. The fourth-order valence-electron chi connectivity index (χ4n) is 2.30. The van der Waals surface area contributed by atoms with Gasteiger partial charge in [-0.1, -0.05) is 45.4 Å².